The minimum atomic E-state index is -1.02. The Bertz CT molecular complexity index is 616. The first-order valence-corrected chi connectivity index (χ1v) is 6.01. The Morgan fingerprint density at radius 3 is 3.05 bits per heavy atom. The highest BCUT2D eigenvalue weighted by Gasteiger charge is 2.11. The molecule has 0 aliphatic carbocycles. The quantitative estimate of drug-likeness (QED) is 0.810. The molecule has 0 radical (unpaired) electrons. The summed E-state index contributed by atoms with van der Waals surface area (Å²) in [6, 6.07) is 1.59. The van der Waals surface area contributed by atoms with E-state index < -0.39 is 5.97 Å². The van der Waals surface area contributed by atoms with Gasteiger partial charge < -0.3 is 14.4 Å². The smallest absolute Gasteiger partial charge is 0.354 e. The number of fused-ring (bicyclic) bond motifs is 1. The zero-order valence-electron chi connectivity index (χ0n) is 10.8. The van der Waals surface area contributed by atoms with Gasteiger partial charge in [0.2, 0.25) is 0 Å². The van der Waals surface area contributed by atoms with Crippen molar-refractivity contribution < 1.29 is 14.6 Å². The molecule has 0 aliphatic rings. The number of hydrogen-bond donors (Lipinski definition) is 1. The van der Waals surface area contributed by atoms with Gasteiger partial charge in [-0.15, -0.1) is 0 Å². The molecule has 0 aliphatic heterocycles. The van der Waals surface area contributed by atoms with E-state index in [1.165, 1.54) is 0 Å². The Hall–Kier alpha value is -2.14. The van der Waals surface area contributed by atoms with E-state index in [2.05, 4.69) is 11.6 Å². The third-order valence-electron chi connectivity index (χ3n) is 2.98. The number of pyridine rings is 1. The highest BCUT2D eigenvalue weighted by molar-refractivity contribution is 5.94. The van der Waals surface area contributed by atoms with Crippen LogP contribution in [0.15, 0.2) is 25.0 Å². The van der Waals surface area contributed by atoms with E-state index in [4.69, 9.17) is 9.84 Å². The normalized spacial score (nSPS) is 10.8. The highest BCUT2D eigenvalue weighted by Crippen LogP contribution is 2.22. The lowest BCUT2D eigenvalue weighted by atomic mass is 10.2. The van der Waals surface area contributed by atoms with Crippen LogP contribution in [0.4, 0.5) is 0 Å². The molecule has 1 N–H and O–H groups in total. The van der Waals surface area contributed by atoms with Crippen molar-refractivity contribution in [2.45, 2.75) is 13.0 Å². The largest absolute Gasteiger partial charge is 0.477 e. The number of methoxy groups -OCH3 is 1. The second kappa shape index (κ2) is 5.67. The summed E-state index contributed by atoms with van der Waals surface area (Å²) < 4.78 is 7.04. The average molecular weight is 260 g/mol. The molecule has 0 unspecified atom stereocenters. The molecule has 0 saturated heterocycles. The molecule has 0 fully saturated rings. The molecule has 0 spiro atoms. The van der Waals surface area contributed by atoms with Gasteiger partial charge in [-0.05, 0) is 12.5 Å². The van der Waals surface area contributed by atoms with E-state index in [-0.39, 0.29) is 5.69 Å². The van der Waals surface area contributed by atoms with Crippen molar-refractivity contribution in [2.75, 3.05) is 13.7 Å². The van der Waals surface area contributed by atoms with E-state index >= 15 is 0 Å². The van der Waals surface area contributed by atoms with Crippen LogP contribution in [-0.2, 0) is 11.3 Å². The van der Waals surface area contributed by atoms with Crippen LogP contribution in [-0.4, -0.2) is 34.3 Å². The molecule has 19 heavy (non-hydrogen) atoms. The van der Waals surface area contributed by atoms with Gasteiger partial charge in [0.15, 0.2) is 0 Å². The molecule has 5 nitrogen and oxygen atoms in total. The summed E-state index contributed by atoms with van der Waals surface area (Å²) in [5.41, 5.74) is 1.87. The summed E-state index contributed by atoms with van der Waals surface area (Å²) in [5.74, 6) is -1.02. The maximum Gasteiger partial charge on any atom is 0.354 e. The molecule has 2 heterocycles. The molecule has 5 heteroatoms. The first-order valence-electron chi connectivity index (χ1n) is 6.01. The average Bonchev–Trinajstić information content (AvgIpc) is 2.76. The third-order valence-corrected chi connectivity index (χ3v) is 2.98. The van der Waals surface area contributed by atoms with Gasteiger partial charge in [-0.2, -0.15) is 0 Å². The minimum absolute atomic E-state index is 0.0502. The van der Waals surface area contributed by atoms with Crippen LogP contribution in [0.5, 0.6) is 0 Å². The van der Waals surface area contributed by atoms with Crippen molar-refractivity contribution in [2.24, 2.45) is 0 Å². The zero-order valence-corrected chi connectivity index (χ0v) is 10.8. The standard InChI is InChI=1S/C14H16N2O3/c1-3-10-9-16(5-4-6-19-2)13-7-12(14(17)18)15-8-11(10)13/h3,7-9H,1,4-6H2,2H3,(H,17,18). The minimum Gasteiger partial charge on any atom is -0.477 e. The predicted molar refractivity (Wildman–Crippen MR) is 73.3 cm³/mol. The molecule has 0 bridgehead atoms. The van der Waals surface area contributed by atoms with Crippen molar-refractivity contribution in [1.29, 1.82) is 0 Å². The van der Waals surface area contributed by atoms with Gasteiger partial charge in [0.1, 0.15) is 5.69 Å². The van der Waals surface area contributed by atoms with Crippen LogP contribution in [0.2, 0.25) is 0 Å². The molecule has 2 aromatic heterocycles. The first-order chi connectivity index (χ1) is 9.17. The number of carboxylic acid groups (broad SMARTS) is 1. The molecule has 2 rings (SSSR count). The summed E-state index contributed by atoms with van der Waals surface area (Å²) >= 11 is 0. The van der Waals surface area contributed by atoms with E-state index in [9.17, 15) is 4.79 Å². The fraction of sp³-hybridized carbons (Fsp3) is 0.286. The van der Waals surface area contributed by atoms with Crippen molar-refractivity contribution in [1.82, 2.24) is 9.55 Å². The number of hydrogen-bond acceptors (Lipinski definition) is 3. The van der Waals surface area contributed by atoms with Gasteiger partial charge in [-0.25, -0.2) is 9.78 Å². The Labute approximate surface area is 111 Å². The molecule has 0 atom stereocenters. The van der Waals surface area contributed by atoms with Crippen LogP contribution in [0.1, 0.15) is 22.5 Å². The molecule has 0 saturated carbocycles. The maximum absolute atomic E-state index is 11.0. The molecule has 2 aromatic rings. The Balaban J connectivity index is 2.46. The number of carboxylic acids is 1. The molecular formula is C14H16N2O3. The number of aromatic nitrogens is 2. The van der Waals surface area contributed by atoms with E-state index in [0.717, 1.165) is 29.4 Å². The van der Waals surface area contributed by atoms with E-state index in [0.29, 0.717) is 6.61 Å². The van der Waals surface area contributed by atoms with Crippen LogP contribution in [0, 0.1) is 0 Å². The summed E-state index contributed by atoms with van der Waals surface area (Å²) in [6.07, 6.45) is 6.15. The lowest BCUT2D eigenvalue weighted by molar-refractivity contribution is 0.0690. The van der Waals surface area contributed by atoms with Crippen LogP contribution in [0.25, 0.3) is 17.0 Å². The summed E-state index contributed by atoms with van der Waals surface area (Å²) in [7, 11) is 1.66. The van der Waals surface area contributed by atoms with Crippen molar-refractivity contribution >= 4 is 22.9 Å². The maximum atomic E-state index is 11.0. The molecule has 0 amide bonds. The van der Waals surface area contributed by atoms with Crippen molar-refractivity contribution in [3.63, 3.8) is 0 Å². The van der Waals surface area contributed by atoms with Crippen LogP contribution < -0.4 is 0 Å². The SMILES string of the molecule is C=Cc1cn(CCCOC)c2cc(C(=O)O)ncc12. The van der Waals surface area contributed by atoms with Gasteiger partial charge >= 0.3 is 5.97 Å². The number of carbonyl (C=O) groups is 1. The summed E-state index contributed by atoms with van der Waals surface area (Å²) in [6.45, 7) is 5.20. The second-order valence-corrected chi connectivity index (χ2v) is 4.22. The van der Waals surface area contributed by atoms with Crippen LogP contribution in [0.3, 0.4) is 0 Å². The topological polar surface area (TPSA) is 64.3 Å². The van der Waals surface area contributed by atoms with Gasteiger partial charge in [0, 0.05) is 43.6 Å². The van der Waals surface area contributed by atoms with Crippen molar-refractivity contribution in [3.8, 4) is 0 Å². The number of ether oxygens (including phenoxy) is 1. The number of aromatic carboxylic acids is 1. The van der Waals surface area contributed by atoms with Gasteiger partial charge in [-0.3, -0.25) is 0 Å². The van der Waals surface area contributed by atoms with E-state index in [1.54, 1.807) is 25.4 Å². The van der Waals surface area contributed by atoms with Gasteiger partial charge in [0.25, 0.3) is 0 Å². The monoisotopic (exact) mass is 260 g/mol. The Kier molecular flexibility index (Phi) is 3.97. The van der Waals surface area contributed by atoms with Crippen molar-refractivity contribution in [3.05, 3.63) is 36.3 Å². The van der Waals surface area contributed by atoms with E-state index in [1.807, 2.05) is 10.8 Å². The van der Waals surface area contributed by atoms with Crippen LogP contribution >= 0.6 is 0 Å². The third kappa shape index (κ3) is 2.66. The Morgan fingerprint density at radius 1 is 1.63 bits per heavy atom. The van der Waals surface area contributed by atoms with Gasteiger partial charge in [-0.1, -0.05) is 12.7 Å². The number of nitrogens with zero attached hydrogens (tertiary/aromatic N) is 2. The van der Waals surface area contributed by atoms with Gasteiger partial charge in [0.05, 0.1) is 5.52 Å². The number of rotatable bonds is 6. The lowest BCUT2D eigenvalue weighted by Crippen LogP contribution is -2.03. The predicted octanol–water partition coefficient (Wildman–Crippen LogP) is 2.41. The number of aryl methyl sites for hydroxylation is 1. The zero-order chi connectivity index (χ0) is 13.8. The second-order valence-electron chi connectivity index (χ2n) is 4.22. The fourth-order valence-electron chi connectivity index (χ4n) is 2.06. The molecule has 0 aromatic carbocycles. The molecule has 100 valence electrons. The first kappa shape index (κ1) is 13.3. The molecular weight excluding hydrogens is 244 g/mol. The fourth-order valence-corrected chi connectivity index (χ4v) is 2.06. The Morgan fingerprint density at radius 2 is 2.42 bits per heavy atom. The summed E-state index contributed by atoms with van der Waals surface area (Å²) in [5, 5.41) is 9.92. The summed E-state index contributed by atoms with van der Waals surface area (Å²) in [4.78, 5) is 14.9. The lowest BCUT2D eigenvalue weighted by Gasteiger charge is -2.05. The highest BCUT2D eigenvalue weighted by atomic mass is 16.5.